The molecule has 1 N–H and O–H groups in total. The molecule has 130 valence electrons. The SMILES string of the molecule is Cc1cccc(C(=O)c2ccc(O[C@H]3CC[C@H](C(=O)O)C3)cc2)c1C. The Bertz CT molecular complexity index is 792. The molecule has 2 aromatic carbocycles. The number of aliphatic carboxylic acids is 1. The number of hydrogen-bond donors (Lipinski definition) is 1. The first-order chi connectivity index (χ1) is 12.0. The summed E-state index contributed by atoms with van der Waals surface area (Å²) in [5, 5.41) is 9.05. The molecule has 2 aromatic rings. The number of ether oxygens (including phenoxy) is 1. The Morgan fingerprint density at radius 2 is 1.76 bits per heavy atom. The third-order valence-electron chi connectivity index (χ3n) is 5.00. The van der Waals surface area contributed by atoms with Crippen LogP contribution in [0.25, 0.3) is 0 Å². The van der Waals surface area contributed by atoms with E-state index >= 15 is 0 Å². The molecule has 1 aliphatic carbocycles. The maximum Gasteiger partial charge on any atom is 0.306 e. The Kier molecular flexibility index (Phi) is 4.88. The van der Waals surface area contributed by atoms with Gasteiger partial charge in [-0.3, -0.25) is 9.59 Å². The van der Waals surface area contributed by atoms with Crippen molar-refractivity contribution in [1.29, 1.82) is 0 Å². The fourth-order valence-corrected chi connectivity index (χ4v) is 3.30. The molecule has 0 heterocycles. The first-order valence-corrected chi connectivity index (χ1v) is 8.56. The molecule has 1 aliphatic rings. The van der Waals surface area contributed by atoms with E-state index < -0.39 is 5.97 Å². The first-order valence-electron chi connectivity index (χ1n) is 8.56. The highest BCUT2D eigenvalue weighted by atomic mass is 16.5. The van der Waals surface area contributed by atoms with Gasteiger partial charge >= 0.3 is 5.97 Å². The highest BCUT2D eigenvalue weighted by Gasteiger charge is 2.30. The van der Waals surface area contributed by atoms with Crippen LogP contribution in [0.2, 0.25) is 0 Å². The molecule has 25 heavy (non-hydrogen) atoms. The van der Waals surface area contributed by atoms with Gasteiger partial charge in [0.2, 0.25) is 0 Å². The lowest BCUT2D eigenvalue weighted by Gasteiger charge is -2.14. The molecule has 0 spiro atoms. The van der Waals surface area contributed by atoms with Crippen molar-refractivity contribution in [1.82, 2.24) is 0 Å². The van der Waals surface area contributed by atoms with Crippen LogP contribution in [0.15, 0.2) is 42.5 Å². The summed E-state index contributed by atoms with van der Waals surface area (Å²) in [4.78, 5) is 23.7. The lowest BCUT2D eigenvalue weighted by atomic mass is 9.96. The molecular weight excluding hydrogens is 316 g/mol. The van der Waals surface area contributed by atoms with E-state index in [-0.39, 0.29) is 17.8 Å². The number of rotatable bonds is 5. The summed E-state index contributed by atoms with van der Waals surface area (Å²) in [5.41, 5.74) is 3.43. The van der Waals surface area contributed by atoms with Gasteiger partial charge in [0.05, 0.1) is 12.0 Å². The molecule has 3 rings (SSSR count). The minimum absolute atomic E-state index is 0.000410. The van der Waals surface area contributed by atoms with E-state index in [1.807, 2.05) is 32.0 Å². The van der Waals surface area contributed by atoms with Gasteiger partial charge in [0.25, 0.3) is 0 Å². The van der Waals surface area contributed by atoms with Gasteiger partial charge in [-0.15, -0.1) is 0 Å². The average Bonchev–Trinajstić information content (AvgIpc) is 3.06. The zero-order chi connectivity index (χ0) is 18.0. The van der Waals surface area contributed by atoms with E-state index in [9.17, 15) is 9.59 Å². The summed E-state index contributed by atoms with van der Waals surface area (Å²) in [6.45, 7) is 3.95. The lowest BCUT2D eigenvalue weighted by Crippen LogP contribution is -2.15. The van der Waals surface area contributed by atoms with Crippen LogP contribution in [0, 0.1) is 19.8 Å². The maximum absolute atomic E-state index is 12.7. The largest absolute Gasteiger partial charge is 0.490 e. The van der Waals surface area contributed by atoms with Crippen molar-refractivity contribution in [3.63, 3.8) is 0 Å². The van der Waals surface area contributed by atoms with E-state index in [2.05, 4.69) is 0 Å². The van der Waals surface area contributed by atoms with E-state index in [1.165, 1.54) is 0 Å². The van der Waals surface area contributed by atoms with E-state index in [4.69, 9.17) is 9.84 Å². The number of hydrogen-bond acceptors (Lipinski definition) is 3. The second kappa shape index (κ2) is 7.09. The van der Waals surface area contributed by atoms with E-state index in [1.54, 1.807) is 24.3 Å². The van der Waals surface area contributed by atoms with Crippen LogP contribution >= 0.6 is 0 Å². The lowest BCUT2D eigenvalue weighted by molar-refractivity contribution is -0.141. The summed E-state index contributed by atoms with van der Waals surface area (Å²) in [6, 6.07) is 12.8. The Balaban J connectivity index is 1.69. The predicted molar refractivity (Wildman–Crippen MR) is 95.2 cm³/mol. The Morgan fingerprint density at radius 1 is 1.04 bits per heavy atom. The number of carbonyl (C=O) groups is 2. The fourth-order valence-electron chi connectivity index (χ4n) is 3.30. The molecule has 0 aliphatic heterocycles. The van der Waals surface area contributed by atoms with Gasteiger partial charge in [-0.2, -0.15) is 0 Å². The second-order valence-electron chi connectivity index (χ2n) is 6.69. The zero-order valence-corrected chi connectivity index (χ0v) is 14.5. The van der Waals surface area contributed by atoms with Crippen molar-refractivity contribution in [2.45, 2.75) is 39.2 Å². The maximum atomic E-state index is 12.7. The average molecular weight is 338 g/mol. The number of aryl methyl sites for hydroxylation is 1. The monoisotopic (exact) mass is 338 g/mol. The number of carboxylic acid groups (broad SMARTS) is 1. The van der Waals surface area contributed by atoms with Crippen LogP contribution in [-0.2, 0) is 4.79 Å². The summed E-state index contributed by atoms with van der Waals surface area (Å²) < 4.78 is 5.86. The van der Waals surface area contributed by atoms with Crippen LogP contribution in [0.1, 0.15) is 46.3 Å². The van der Waals surface area contributed by atoms with Crippen LogP contribution < -0.4 is 4.74 Å². The number of carboxylic acids is 1. The number of carbonyl (C=O) groups excluding carboxylic acids is 1. The van der Waals surface area contributed by atoms with Gasteiger partial charge in [0.1, 0.15) is 5.75 Å². The predicted octanol–water partition coefficient (Wildman–Crippen LogP) is 4.17. The fraction of sp³-hybridized carbons (Fsp3) is 0.333. The molecule has 0 saturated heterocycles. The van der Waals surface area contributed by atoms with Crippen molar-refractivity contribution >= 4 is 11.8 Å². The van der Waals surface area contributed by atoms with Crippen molar-refractivity contribution in [2.24, 2.45) is 5.92 Å². The molecule has 0 bridgehead atoms. The summed E-state index contributed by atoms with van der Waals surface area (Å²) >= 11 is 0. The topological polar surface area (TPSA) is 63.6 Å². The second-order valence-corrected chi connectivity index (χ2v) is 6.69. The van der Waals surface area contributed by atoms with Crippen molar-refractivity contribution in [2.75, 3.05) is 0 Å². The Hall–Kier alpha value is -2.62. The third-order valence-corrected chi connectivity index (χ3v) is 5.00. The van der Waals surface area contributed by atoms with Gasteiger partial charge in [0, 0.05) is 11.1 Å². The van der Waals surface area contributed by atoms with Gasteiger partial charge in [0.15, 0.2) is 5.78 Å². The molecule has 0 unspecified atom stereocenters. The molecule has 0 aromatic heterocycles. The minimum Gasteiger partial charge on any atom is -0.490 e. The van der Waals surface area contributed by atoms with Crippen molar-refractivity contribution in [3.8, 4) is 5.75 Å². The summed E-state index contributed by atoms with van der Waals surface area (Å²) in [5.74, 6) is -0.385. The van der Waals surface area contributed by atoms with Crippen LogP contribution in [0.4, 0.5) is 0 Å². The highest BCUT2D eigenvalue weighted by molar-refractivity contribution is 6.10. The van der Waals surface area contributed by atoms with E-state index in [0.29, 0.717) is 29.7 Å². The van der Waals surface area contributed by atoms with Crippen LogP contribution in [0.3, 0.4) is 0 Å². The molecule has 2 atom stereocenters. The first kappa shape index (κ1) is 17.2. The normalized spacial score (nSPS) is 19.6. The van der Waals surface area contributed by atoms with E-state index in [0.717, 1.165) is 17.5 Å². The highest BCUT2D eigenvalue weighted by Crippen LogP contribution is 2.29. The van der Waals surface area contributed by atoms with Crippen molar-refractivity contribution < 1.29 is 19.4 Å². The molecule has 4 heteroatoms. The molecule has 0 radical (unpaired) electrons. The summed E-state index contributed by atoms with van der Waals surface area (Å²) in [6.07, 6.45) is 1.88. The summed E-state index contributed by atoms with van der Waals surface area (Å²) in [7, 11) is 0. The standard InChI is InChI=1S/C21H22O4/c1-13-4-3-5-19(14(13)2)20(22)15-6-9-17(10-7-15)25-18-11-8-16(12-18)21(23)24/h3-7,9-10,16,18H,8,11-12H2,1-2H3,(H,23,24)/t16-,18-/m0/s1. The Labute approximate surface area is 147 Å². The van der Waals surface area contributed by atoms with Crippen LogP contribution in [0.5, 0.6) is 5.75 Å². The van der Waals surface area contributed by atoms with Gasteiger partial charge in [-0.25, -0.2) is 0 Å². The van der Waals surface area contributed by atoms with Crippen molar-refractivity contribution in [3.05, 3.63) is 64.7 Å². The quantitative estimate of drug-likeness (QED) is 0.831. The van der Waals surface area contributed by atoms with Crippen LogP contribution in [-0.4, -0.2) is 23.0 Å². The molecule has 1 saturated carbocycles. The number of benzene rings is 2. The van der Waals surface area contributed by atoms with Gasteiger partial charge in [-0.05, 0) is 68.5 Å². The minimum atomic E-state index is -0.749. The van der Waals surface area contributed by atoms with Gasteiger partial charge in [-0.1, -0.05) is 18.2 Å². The number of ketones is 1. The molecule has 4 nitrogen and oxygen atoms in total. The Morgan fingerprint density at radius 3 is 2.40 bits per heavy atom. The smallest absolute Gasteiger partial charge is 0.306 e. The molecular formula is C21H22O4. The van der Waals surface area contributed by atoms with Gasteiger partial charge < -0.3 is 9.84 Å². The zero-order valence-electron chi connectivity index (χ0n) is 14.5. The third kappa shape index (κ3) is 3.73. The molecule has 0 amide bonds. The molecule has 1 fully saturated rings.